The van der Waals surface area contributed by atoms with Crippen molar-refractivity contribution in [2.45, 2.75) is 26.3 Å². The Morgan fingerprint density at radius 3 is 2.74 bits per heavy atom. The van der Waals surface area contributed by atoms with Crippen LogP contribution in [0.25, 0.3) is 16.9 Å². The van der Waals surface area contributed by atoms with E-state index < -0.39 is 19.1 Å². The van der Waals surface area contributed by atoms with Gasteiger partial charge in [0.2, 0.25) is 0 Å². The average molecular weight is 602 g/mol. The van der Waals surface area contributed by atoms with Crippen molar-refractivity contribution in [2.24, 2.45) is 5.92 Å². The number of hydrogen-bond donors (Lipinski definition) is 1. The molecule has 1 aromatic carbocycles. The molecule has 1 aliphatic heterocycles. The molecule has 0 bridgehead atoms. The third-order valence-electron chi connectivity index (χ3n) is 6.66. The summed E-state index contributed by atoms with van der Waals surface area (Å²) in [6.45, 7) is -4.02. The average Bonchev–Trinajstić information content (AvgIpc) is 3.67. The second-order valence-corrected chi connectivity index (χ2v) is 9.77. The molecule has 0 atom stereocenters. The Labute approximate surface area is 239 Å². The van der Waals surface area contributed by atoms with E-state index in [1.807, 2.05) is 7.05 Å². The van der Waals surface area contributed by atoms with Crippen LogP contribution in [0.1, 0.15) is 16.2 Å². The van der Waals surface area contributed by atoms with Crippen molar-refractivity contribution in [1.29, 1.82) is 0 Å². The molecule has 43 heavy (non-hydrogen) atoms. The van der Waals surface area contributed by atoms with E-state index >= 15 is 0 Å². The smallest absolute Gasteiger partial charge is 0.387 e. The van der Waals surface area contributed by atoms with Gasteiger partial charge in [-0.2, -0.15) is 27.8 Å². The lowest BCUT2D eigenvalue weighted by Gasteiger charge is -2.35. The van der Waals surface area contributed by atoms with Gasteiger partial charge in [0, 0.05) is 37.6 Å². The van der Waals surface area contributed by atoms with Crippen LogP contribution in [-0.2, 0) is 13.1 Å². The summed E-state index contributed by atoms with van der Waals surface area (Å²) in [5.41, 5.74) is 0.236. The van der Waals surface area contributed by atoms with Crippen molar-refractivity contribution in [1.82, 2.24) is 49.5 Å². The zero-order valence-electron chi connectivity index (χ0n) is 22.4. The van der Waals surface area contributed by atoms with Crippen LogP contribution < -0.4 is 14.8 Å². The van der Waals surface area contributed by atoms with Crippen LogP contribution in [0.5, 0.6) is 11.5 Å². The Morgan fingerprint density at radius 2 is 1.98 bits per heavy atom. The van der Waals surface area contributed by atoms with Crippen LogP contribution >= 0.6 is 0 Å². The first-order valence-corrected chi connectivity index (χ1v) is 12.9. The van der Waals surface area contributed by atoms with E-state index in [1.54, 1.807) is 16.9 Å². The zero-order chi connectivity index (χ0) is 30.1. The summed E-state index contributed by atoms with van der Waals surface area (Å²) >= 11 is 0. The Hall–Kier alpha value is -5.13. The number of nitrogens with zero attached hydrogens (tertiary/aromatic N) is 10. The molecule has 0 unspecified atom stereocenters. The van der Waals surface area contributed by atoms with Gasteiger partial charge in [-0.3, -0.25) is 9.48 Å². The summed E-state index contributed by atoms with van der Waals surface area (Å²) in [7, 11) is 2.01. The maximum Gasteiger partial charge on any atom is 0.387 e. The first-order valence-electron chi connectivity index (χ1n) is 12.9. The number of fused-ring (bicyclic) bond motifs is 1. The first-order chi connectivity index (χ1) is 20.7. The predicted octanol–water partition coefficient (Wildman–Crippen LogP) is 2.64. The molecule has 5 heterocycles. The molecular formula is C25H23F4N11O3. The van der Waals surface area contributed by atoms with Crippen LogP contribution in [0.3, 0.4) is 0 Å². The number of halogens is 4. The third-order valence-corrected chi connectivity index (χ3v) is 6.66. The summed E-state index contributed by atoms with van der Waals surface area (Å²) in [6, 6.07) is 4.81. The number of nitrogens with one attached hydrogen (secondary N) is 1. The largest absolute Gasteiger partial charge is 0.435 e. The van der Waals surface area contributed by atoms with E-state index in [-0.39, 0.29) is 46.2 Å². The van der Waals surface area contributed by atoms with Gasteiger partial charge in [0.15, 0.2) is 11.5 Å². The lowest BCUT2D eigenvalue weighted by molar-refractivity contribution is -0.0526. The molecule has 5 aromatic rings. The highest BCUT2D eigenvalue weighted by Crippen LogP contribution is 2.38. The number of rotatable bonds is 11. The number of aromatic nitrogens is 9. The number of amides is 1. The van der Waals surface area contributed by atoms with Gasteiger partial charge in [0.25, 0.3) is 5.91 Å². The van der Waals surface area contributed by atoms with Crippen molar-refractivity contribution < 1.29 is 31.8 Å². The topological polar surface area (TPSA) is 142 Å². The van der Waals surface area contributed by atoms with E-state index in [9.17, 15) is 22.4 Å². The molecule has 0 aliphatic carbocycles. The van der Waals surface area contributed by atoms with E-state index in [0.717, 1.165) is 31.3 Å². The van der Waals surface area contributed by atoms with Gasteiger partial charge >= 0.3 is 13.2 Å². The molecule has 14 nitrogen and oxygen atoms in total. The fourth-order valence-corrected chi connectivity index (χ4v) is 4.85. The molecule has 1 N–H and O–H groups in total. The number of hydrogen-bond acceptors (Lipinski definition) is 10. The Balaban J connectivity index is 1.38. The van der Waals surface area contributed by atoms with Crippen molar-refractivity contribution in [3.63, 3.8) is 0 Å². The van der Waals surface area contributed by atoms with Crippen LogP contribution in [0.15, 0.2) is 49.1 Å². The SMILES string of the molecule is CN1CC(Cn2nnnc2Cn2cc(NC(=O)c3cnn4cccnc34)c(-c3cc(OC(F)F)ccc3OC(F)F)n2)C1. The lowest BCUT2D eigenvalue weighted by Crippen LogP contribution is -2.45. The van der Waals surface area contributed by atoms with Crippen molar-refractivity contribution >= 4 is 17.2 Å². The number of ether oxygens (including phenoxy) is 2. The molecule has 1 fully saturated rings. The molecule has 4 aromatic heterocycles. The highest BCUT2D eigenvalue weighted by Gasteiger charge is 2.26. The summed E-state index contributed by atoms with van der Waals surface area (Å²) in [5, 5.41) is 23.2. The van der Waals surface area contributed by atoms with Gasteiger partial charge in [0.05, 0.1) is 24.0 Å². The Morgan fingerprint density at radius 1 is 1.16 bits per heavy atom. The van der Waals surface area contributed by atoms with Gasteiger partial charge in [-0.25, -0.2) is 14.2 Å². The summed E-state index contributed by atoms with van der Waals surface area (Å²) in [6.07, 6.45) is 5.86. The molecule has 1 saturated heterocycles. The second-order valence-electron chi connectivity index (χ2n) is 9.77. The number of likely N-dealkylation sites (tertiary alicyclic amines) is 1. The normalized spacial score (nSPS) is 14.0. The van der Waals surface area contributed by atoms with E-state index in [1.165, 1.54) is 27.8 Å². The summed E-state index contributed by atoms with van der Waals surface area (Å²) in [5.74, 6) is -0.535. The fraction of sp³-hybridized carbons (Fsp3) is 0.320. The van der Waals surface area contributed by atoms with Gasteiger partial charge in [-0.15, -0.1) is 5.10 Å². The molecule has 0 saturated carbocycles. The van der Waals surface area contributed by atoms with Crippen molar-refractivity contribution in [3.05, 3.63) is 60.4 Å². The highest BCUT2D eigenvalue weighted by molar-refractivity contribution is 6.09. The number of alkyl halides is 4. The number of tetrazole rings is 1. The number of carbonyl (C=O) groups is 1. The number of anilines is 1. The summed E-state index contributed by atoms with van der Waals surface area (Å²) < 4.78 is 66.2. The quantitative estimate of drug-likeness (QED) is 0.225. The van der Waals surface area contributed by atoms with Gasteiger partial charge in [0.1, 0.15) is 29.3 Å². The zero-order valence-corrected chi connectivity index (χ0v) is 22.4. The first kappa shape index (κ1) is 28.0. The minimum atomic E-state index is -3.24. The van der Waals surface area contributed by atoms with E-state index in [4.69, 9.17) is 0 Å². The van der Waals surface area contributed by atoms with Crippen LogP contribution in [-0.4, -0.2) is 88.8 Å². The van der Waals surface area contributed by atoms with E-state index in [2.05, 4.69) is 50.4 Å². The molecule has 1 amide bonds. The lowest BCUT2D eigenvalue weighted by atomic mass is 10.0. The summed E-state index contributed by atoms with van der Waals surface area (Å²) in [4.78, 5) is 19.7. The molecule has 0 radical (unpaired) electrons. The van der Waals surface area contributed by atoms with E-state index in [0.29, 0.717) is 18.3 Å². The maximum absolute atomic E-state index is 13.4. The monoisotopic (exact) mass is 601 g/mol. The fourth-order valence-electron chi connectivity index (χ4n) is 4.85. The van der Waals surface area contributed by atoms with Gasteiger partial charge in [-0.05, 0) is 41.7 Å². The molecule has 224 valence electrons. The number of benzene rings is 1. The van der Waals surface area contributed by atoms with Crippen LogP contribution in [0.4, 0.5) is 23.2 Å². The van der Waals surface area contributed by atoms with Crippen molar-refractivity contribution in [2.75, 3.05) is 25.5 Å². The molecule has 0 spiro atoms. The molecule has 18 heteroatoms. The molecule has 1 aliphatic rings. The third kappa shape index (κ3) is 6.08. The van der Waals surface area contributed by atoms with Crippen molar-refractivity contribution in [3.8, 4) is 22.8 Å². The van der Waals surface area contributed by atoms with Crippen LogP contribution in [0, 0.1) is 5.92 Å². The standard InChI is InChI=1S/C25H23F4N11O3/c1-37-9-14(10-37)11-40-20(33-35-36-40)13-38-12-18(32-23(41)17-8-31-39-6-2-5-30-22(17)39)21(34-38)16-7-15(42-24(26)27)3-4-19(16)43-25(28)29/h2-8,12,14,24-25H,9-11,13H2,1H3,(H,32,41). The Kier molecular flexibility index (Phi) is 7.58. The number of carbonyl (C=O) groups excluding carboxylic acids is 1. The van der Waals surface area contributed by atoms with Gasteiger partial charge in [-0.1, -0.05) is 0 Å². The minimum Gasteiger partial charge on any atom is -0.435 e. The second kappa shape index (κ2) is 11.6. The predicted molar refractivity (Wildman–Crippen MR) is 140 cm³/mol. The van der Waals surface area contributed by atoms with Gasteiger partial charge < -0.3 is 19.7 Å². The minimum absolute atomic E-state index is 0.0367. The maximum atomic E-state index is 13.4. The molecule has 6 rings (SSSR count). The molecular weight excluding hydrogens is 578 g/mol. The van der Waals surface area contributed by atoms with Crippen LogP contribution in [0.2, 0.25) is 0 Å². The highest BCUT2D eigenvalue weighted by atomic mass is 19.3. The Bertz CT molecular complexity index is 1750.